The number of amides is 1. The van der Waals surface area contributed by atoms with Gasteiger partial charge in [0.25, 0.3) is 5.91 Å². The Balaban J connectivity index is 1.20. The number of nitrogens with one attached hydrogen (secondary N) is 1. The molecule has 1 saturated heterocycles. The molecule has 1 fully saturated rings. The Bertz CT molecular complexity index is 1210. The van der Waals surface area contributed by atoms with E-state index in [1.165, 1.54) is 0 Å². The number of carbonyl (C=O) groups excluding carboxylic acids is 1. The van der Waals surface area contributed by atoms with Gasteiger partial charge in [0, 0.05) is 67.5 Å². The van der Waals surface area contributed by atoms with Crippen LogP contribution in [0, 0.1) is 23.5 Å². The second-order valence-electron chi connectivity index (χ2n) is 10.9. The molecule has 3 heterocycles. The van der Waals surface area contributed by atoms with Gasteiger partial charge in [0.15, 0.2) is 0 Å². The van der Waals surface area contributed by atoms with Crippen molar-refractivity contribution in [3.05, 3.63) is 54.1 Å². The molecule has 39 heavy (non-hydrogen) atoms. The van der Waals surface area contributed by atoms with E-state index in [1.54, 1.807) is 13.8 Å². The number of piperidine rings is 1. The summed E-state index contributed by atoms with van der Waals surface area (Å²) in [6.45, 7) is 10.8. The Morgan fingerprint density at radius 3 is 2.33 bits per heavy atom. The van der Waals surface area contributed by atoms with Crippen LogP contribution >= 0.6 is 0 Å². The van der Waals surface area contributed by atoms with Gasteiger partial charge in [0.1, 0.15) is 22.9 Å². The summed E-state index contributed by atoms with van der Waals surface area (Å²) >= 11 is 0. The van der Waals surface area contributed by atoms with Crippen molar-refractivity contribution >= 4 is 11.9 Å². The molecule has 10 heteroatoms. The Hall–Kier alpha value is -3.56. The van der Waals surface area contributed by atoms with E-state index >= 15 is 0 Å². The van der Waals surface area contributed by atoms with E-state index in [0.29, 0.717) is 18.4 Å². The van der Waals surface area contributed by atoms with Gasteiger partial charge in [-0.2, -0.15) is 5.10 Å². The second kappa shape index (κ2) is 13.0. The zero-order chi connectivity index (χ0) is 27.9. The van der Waals surface area contributed by atoms with Crippen molar-refractivity contribution in [2.24, 2.45) is 11.8 Å². The van der Waals surface area contributed by atoms with Gasteiger partial charge >= 0.3 is 0 Å². The normalized spacial score (nSPS) is 14.3. The predicted octanol–water partition coefficient (Wildman–Crippen LogP) is 5.49. The molecule has 0 unspecified atom stereocenters. The molecule has 210 valence electrons. The molecule has 1 aliphatic heterocycles. The summed E-state index contributed by atoms with van der Waals surface area (Å²) in [4.78, 5) is 23.4. The first-order chi connectivity index (χ1) is 18.7. The van der Waals surface area contributed by atoms with Crippen LogP contribution in [0.4, 0.5) is 14.7 Å². The topological polar surface area (TPSA) is 85.2 Å². The summed E-state index contributed by atoms with van der Waals surface area (Å²) in [5, 5.41) is 6.92. The third-order valence-electron chi connectivity index (χ3n) is 6.74. The highest BCUT2D eigenvalue weighted by molar-refractivity contribution is 5.95. The van der Waals surface area contributed by atoms with E-state index in [0.717, 1.165) is 74.5 Å². The predicted molar refractivity (Wildman–Crippen MR) is 147 cm³/mol. The third-order valence-corrected chi connectivity index (χ3v) is 6.74. The van der Waals surface area contributed by atoms with Crippen LogP contribution in [0.2, 0.25) is 0 Å². The Morgan fingerprint density at radius 1 is 1.05 bits per heavy atom. The molecule has 2 aromatic heterocycles. The highest BCUT2D eigenvalue weighted by Crippen LogP contribution is 2.26. The van der Waals surface area contributed by atoms with Crippen molar-refractivity contribution in [2.45, 2.75) is 66.0 Å². The van der Waals surface area contributed by atoms with Crippen LogP contribution in [-0.4, -0.2) is 51.4 Å². The number of rotatable bonds is 11. The van der Waals surface area contributed by atoms with Gasteiger partial charge in [0.05, 0.1) is 12.8 Å². The van der Waals surface area contributed by atoms with Crippen molar-refractivity contribution in [1.82, 2.24) is 25.1 Å². The first kappa shape index (κ1) is 28.4. The largest absolute Gasteiger partial charge is 0.493 e. The monoisotopic (exact) mass is 540 g/mol. The molecule has 4 rings (SSSR count). The van der Waals surface area contributed by atoms with Crippen LogP contribution < -0.4 is 15.0 Å². The summed E-state index contributed by atoms with van der Waals surface area (Å²) in [6, 6.07) is 1.92. The molecule has 0 saturated carbocycles. The van der Waals surface area contributed by atoms with E-state index < -0.39 is 23.1 Å². The Kier molecular flexibility index (Phi) is 9.48. The van der Waals surface area contributed by atoms with Gasteiger partial charge in [-0.3, -0.25) is 9.48 Å². The van der Waals surface area contributed by atoms with E-state index in [9.17, 15) is 13.6 Å². The van der Waals surface area contributed by atoms with Crippen molar-refractivity contribution < 1.29 is 18.3 Å². The lowest BCUT2D eigenvalue weighted by Gasteiger charge is -2.32. The summed E-state index contributed by atoms with van der Waals surface area (Å²) in [7, 11) is 0. The average Bonchev–Trinajstić information content (AvgIpc) is 3.34. The lowest BCUT2D eigenvalue weighted by atomic mass is 9.92. The fourth-order valence-electron chi connectivity index (χ4n) is 4.79. The first-order valence-corrected chi connectivity index (χ1v) is 13.7. The molecule has 0 radical (unpaired) electrons. The summed E-state index contributed by atoms with van der Waals surface area (Å²) in [5.41, 5.74) is 1.39. The summed E-state index contributed by atoms with van der Waals surface area (Å²) < 4.78 is 36.2. The maximum Gasteiger partial charge on any atom is 0.257 e. The van der Waals surface area contributed by atoms with Crippen LogP contribution in [0.5, 0.6) is 5.75 Å². The van der Waals surface area contributed by atoms with Gasteiger partial charge in [-0.05, 0) is 51.4 Å². The smallest absolute Gasteiger partial charge is 0.257 e. The van der Waals surface area contributed by atoms with Gasteiger partial charge in [-0.25, -0.2) is 18.7 Å². The molecule has 1 aliphatic rings. The number of halogens is 2. The number of aromatic nitrogens is 4. The van der Waals surface area contributed by atoms with Crippen molar-refractivity contribution in [2.75, 3.05) is 24.6 Å². The fourth-order valence-corrected chi connectivity index (χ4v) is 4.79. The molecular weight excluding hydrogens is 502 g/mol. The molecule has 0 bridgehead atoms. The van der Waals surface area contributed by atoms with Crippen LogP contribution in [0.3, 0.4) is 0 Å². The molecule has 1 aromatic carbocycles. The lowest BCUT2D eigenvalue weighted by Crippen LogP contribution is -2.34. The molecule has 3 aromatic rings. The first-order valence-electron chi connectivity index (χ1n) is 13.7. The van der Waals surface area contributed by atoms with Crippen molar-refractivity contribution in [3.63, 3.8) is 0 Å². The molecular formula is C29H38F2N6O2. The fraction of sp³-hybridized carbons (Fsp3) is 0.517. The van der Waals surface area contributed by atoms with Crippen LogP contribution in [0.1, 0.15) is 63.7 Å². The van der Waals surface area contributed by atoms with E-state index in [-0.39, 0.29) is 11.8 Å². The second-order valence-corrected chi connectivity index (χ2v) is 10.9. The molecule has 1 N–H and O–H groups in total. The number of nitrogens with zero attached hydrogens (tertiary/aromatic N) is 5. The van der Waals surface area contributed by atoms with Crippen LogP contribution in [0.15, 0.2) is 36.9 Å². The number of anilines is 1. The molecule has 0 aliphatic carbocycles. The quantitative estimate of drug-likeness (QED) is 0.324. The Morgan fingerprint density at radius 2 is 1.72 bits per heavy atom. The zero-order valence-electron chi connectivity index (χ0n) is 23.2. The molecule has 0 atom stereocenters. The molecule has 1 amide bonds. The maximum atomic E-state index is 14.3. The minimum atomic E-state index is -0.924. The van der Waals surface area contributed by atoms with Gasteiger partial charge in [0.2, 0.25) is 5.95 Å². The summed E-state index contributed by atoms with van der Waals surface area (Å²) in [5.74, 6) is -0.708. The Labute approximate surface area is 228 Å². The van der Waals surface area contributed by atoms with Gasteiger partial charge < -0.3 is 15.0 Å². The SMILES string of the molecule is CC(C)Cn1cc(-c2cnc(N3CCC(CCCOc4cc(F)c(C(=O)NC(C)C)c(F)c4)CC3)nc2)cn1. The highest BCUT2D eigenvalue weighted by atomic mass is 19.1. The van der Waals surface area contributed by atoms with Crippen LogP contribution in [-0.2, 0) is 6.54 Å². The molecule has 0 spiro atoms. The number of ether oxygens (including phenoxy) is 1. The minimum absolute atomic E-state index is 0.0915. The number of benzene rings is 1. The summed E-state index contributed by atoms with van der Waals surface area (Å²) in [6.07, 6.45) is 11.4. The van der Waals surface area contributed by atoms with E-state index in [2.05, 4.69) is 39.1 Å². The number of hydrogen-bond donors (Lipinski definition) is 1. The van der Waals surface area contributed by atoms with Crippen molar-refractivity contribution in [3.8, 4) is 16.9 Å². The number of hydrogen-bond acceptors (Lipinski definition) is 6. The van der Waals surface area contributed by atoms with Gasteiger partial charge in [-0.1, -0.05) is 13.8 Å². The average molecular weight is 541 g/mol. The van der Waals surface area contributed by atoms with E-state index in [4.69, 9.17) is 4.74 Å². The lowest BCUT2D eigenvalue weighted by molar-refractivity contribution is 0.0934. The molecule has 8 nitrogen and oxygen atoms in total. The maximum absolute atomic E-state index is 14.3. The van der Waals surface area contributed by atoms with Gasteiger partial charge in [-0.15, -0.1) is 0 Å². The van der Waals surface area contributed by atoms with Crippen LogP contribution in [0.25, 0.3) is 11.1 Å². The van der Waals surface area contributed by atoms with Crippen molar-refractivity contribution in [1.29, 1.82) is 0 Å². The minimum Gasteiger partial charge on any atom is -0.493 e. The highest BCUT2D eigenvalue weighted by Gasteiger charge is 2.22. The standard InChI is InChI=1S/C29H38F2N6O2/c1-19(2)17-37-18-23(16-34-37)22-14-32-29(33-15-22)36-9-7-21(8-10-36)6-5-11-39-24-12-25(30)27(26(31)13-24)28(38)35-20(3)4/h12-16,18-21H,5-11,17H2,1-4H3,(H,35,38). The third kappa shape index (κ3) is 7.74. The number of carbonyl (C=O) groups is 1. The zero-order valence-corrected chi connectivity index (χ0v) is 23.2. The van der Waals surface area contributed by atoms with E-state index in [1.807, 2.05) is 29.5 Å².